The van der Waals surface area contributed by atoms with Crippen LogP contribution in [0.3, 0.4) is 0 Å². The van der Waals surface area contributed by atoms with Crippen LogP contribution in [0.1, 0.15) is 40.0 Å². The first-order chi connectivity index (χ1) is 6.02. The molecule has 0 aromatic heterocycles. The van der Waals surface area contributed by atoms with Crippen molar-refractivity contribution in [1.82, 2.24) is 0 Å². The monoisotopic (exact) mass is 188 g/mol. The van der Waals surface area contributed by atoms with Crippen LogP contribution >= 0.6 is 0 Å². The molecule has 0 spiro atoms. The Morgan fingerprint density at radius 1 is 1.31 bits per heavy atom. The number of aliphatic hydroxyl groups excluding tert-OH is 1. The lowest BCUT2D eigenvalue weighted by atomic mass is 9.88. The van der Waals surface area contributed by atoms with E-state index in [9.17, 15) is 9.90 Å². The molecule has 0 heterocycles. The van der Waals surface area contributed by atoms with Gasteiger partial charge in [0, 0.05) is 0 Å². The van der Waals surface area contributed by atoms with Crippen molar-refractivity contribution in [3.05, 3.63) is 0 Å². The number of hydrogen-bond acceptors (Lipinski definition) is 2. The van der Waals surface area contributed by atoms with Crippen molar-refractivity contribution in [1.29, 1.82) is 0 Å². The van der Waals surface area contributed by atoms with Crippen LogP contribution < -0.4 is 0 Å². The Hall–Kier alpha value is -0.570. The van der Waals surface area contributed by atoms with Gasteiger partial charge in [0.25, 0.3) is 0 Å². The summed E-state index contributed by atoms with van der Waals surface area (Å²) in [7, 11) is 0. The van der Waals surface area contributed by atoms with Gasteiger partial charge in [0.2, 0.25) is 0 Å². The highest BCUT2D eigenvalue weighted by Gasteiger charge is 2.25. The van der Waals surface area contributed by atoms with Gasteiger partial charge in [-0.05, 0) is 18.3 Å². The Balaban J connectivity index is 4.09. The van der Waals surface area contributed by atoms with Gasteiger partial charge in [-0.25, -0.2) is 4.79 Å². The number of carbonyl (C=O) groups is 1. The zero-order valence-corrected chi connectivity index (χ0v) is 8.66. The minimum absolute atomic E-state index is 0.104. The van der Waals surface area contributed by atoms with Crippen LogP contribution in [0.25, 0.3) is 0 Å². The highest BCUT2D eigenvalue weighted by atomic mass is 16.4. The van der Waals surface area contributed by atoms with Gasteiger partial charge in [-0.3, -0.25) is 0 Å². The van der Waals surface area contributed by atoms with Gasteiger partial charge >= 0.3 is 5.97 Å². The van der Waals surface area contributed by atoms with Crippen molar-refractivity contribution in [3.63, 3.8) is 0 Å². The molecule has 0 fully saturated rings. The quantitative estimate of drug-likeness (QED) is 0.669. The molecule has 3 unspecified atom stereocenters. The van der Waals surface area contributed by atoms with E-state index >= 15 is 0 Å². The lowest BCUT2D eigenvalue weighted by molar-refractivity contribution is -0.150. The third-order valence-corrected chi connectivity index (χ3v) is 2.63. The van der Waals surface area contributed by atoms with Gasteiger partial charge in [0.05, 0.1) is 0 Å². The van der Waals surface area contributed by atoms with Gasteiger partial charge in [-0.1, -0.05) is 33.6 Å². The lowest BCUT2D eigenvalue weighted by Gasteiger charge is -2.21. The molecule has 3 heteroatoms. The smallest absolute Gasteiger partial charge is 0.332 e. The minimum Gasteiger partial charge on any atom is -0.479 e. The number of aliphatic carboxylic acids is 1. The standard InChI is InChI=1S/C10H20O3/c1-4-7(3)6-8(5-2)9(11)10(12)13/h7-9,11H,4-6H2,1-3H3,(H,12,13). The highest BCUT2D eigenvalue weighted by Crippen LogP contribution is 2.21. The van der Waals surface area contributed by atoms with Crippen LogP contribution in [0.5, 0.6) is 0 Å². The number of carboxylic acids is 1. The number of aliphatic hydroxyl groups is 1. The van der Waals surface area contributed by atoms with Gasteiger partial charge in [0.1, 0.15) is 0 Å². The predicted molar refractivity (Wildman–Crippen MR) is 51.5 cm³/mol. The molecule has 0 aliphatic rings. The first-order valence-electron chi connectivity index (χ1n) is 4.93. The summed E-state index contributed by atoms with van der Waals surface area (Å²) in [4.78, 5) is 10.5. The fraction of sp³-hybridized carbons (Fsp3) is 0.900. The zero-order chi connectivity index (χ0) is 10.4. The van der Waals surface area contributed by atoms with Crippen molar-refractivity contribution in [2.75, 3.05) is 0 Å². The van der Waals surface area contributed by atoms with E-state index in [-0.39, 0.29) is 5.92 Å². The molecule has 3 atom stereocenters. The average Bonchev–Trinajstić information content (AvgIpc) is 2.12. The molecule has 78 valence electrons. The van der Waals surface area contributed by atoms with Crippen LogP contribution in [-0.4, -0.2) is 22.3 Å². The molecule has 3 nitrogen and oxygen atoms in total. The van der Waals surface area contributed by atoms with Crippen molar-refractivity contribution in [3.8, 4) is 0 Å². The molecular weight excluding hydrogens is 168 g/mol. The zero-order valence-electron chi connectivity index (χ0n) is 8.66. The van der Waals surface area contributed by atoms with Crippen LogP contribution in [0.2, 0.25) is 0 Å². The topological polar surface area (TPSA) is 57.5 Å². The molecule has 0 saturated carbocycles. The van der Waals surface area contributed by atoms with E-state index in [1.54, 1.807) is 0 Å². The Labute approximate surface area is 79.8 Å². The van der Waals surface area contributed by atoms with Gasteiger partial charge in [-0.15, -0.1) is 0 Å². The SMILES string of the molecule is CCC(C)CC(CC)C(O)C(=O)O. The van der Waals surface area contributed by atoms with E-state index < -0.39 is 12.1 Å². The van der Waals surface area contributed by atoms with Crippen LogP contribution in [-0.2, 0) is 4.79 Å². The number of carboxylic acid groups (broad SMARTS) is 1. The largest absolute Gasteiger partial charge is 0.479 e. The van der Waals surface area contributed by atoms with Crippen LogP contribution in [0, 0.1) is 11.8 Å². The first-order valence-corrected chi connectivity index (χ1v) is 4.93. The maximum atomic E-state index is 10.5. The summed E-state index contributed by atoms with van der Waals surface area (Å²) in [5, 5.41) is 18.0. The Kier molecular flexibility index (Phi) is 5.71. The fourth-order valence-corrected chi connectivity index (χ4v) is 1.40. The van der Waals surface area contributed by atoms with E-state index in [4.69, 9.17) is 5.11 Å². The normalized spacial score (nSPS) is 17.8. The van der Waals surface area contributed by atoms with Crippen molar-refractivity contribution in [2.45, 2.75) is 46.1 Å². The molecule has 13 heavy (non-hydrogen) atoms. The molecule has 0 aliphatic carbocycles. The van der Waals surface area contributed by atoms with Gasteiger partial charge in [0.15, 0.2) is 6.10 Å². The van der Waals surface area contributed by atoms with E-state index in [2.05, 4.69) is 13.8 Å². The van der Waals surface area contributed by atoms with Crippen LogP contribution in [0.15, 0.2) is 0 Å². The molecule has 2 N–H and O–H groups in total. The lowest BCUT2D eigenvalue weighted by Crippen LogP contribution is -2.30. The van der Waals surface area contributed by atoms with Crippen LogP contribution in [0.4, 0.5) is 0 Å². The summed E-state index contributed by atoms with van der Waals surface area (Å²) in [6.07, 6.45) is 1.35. The molecule has 0 bridgehead atoms. The van der Waals surface area contributed by atoms with Crippen molar-refractivity contribution < 1.29 is 15.0 Å². The third kappa shape index (κ3) is 4.27. The summed E-state index contributed by atoms with van der Waals surface area (Å²) >= 11 is 0. The molecule has 0 aromatic carbocycles. The van der Waals surface area contributed by atoms with E-state index in [0.29, 0.717) is 5.92 Å². The molecule has 0 radical (unpaired) electrons. The summed E-state index contributed by atoms with van der Waals surface area (Å²) < 4.78 is 0. The summed E-state index contributed by atoms with van der Waals surface area (Å²) in [5.41, 5.74) is 0. The number of rotatable bonds is 6. The van der Waals surface area contributed by atoms with E-state index in [1.165, 1.54) is 0 Å². The average molecular weight is 188 g/mol. The summed E-state index contributed by atoms with van der Waals surface area (Å²) in [5.74, 6) is -0.721. The van der Waals surface area contributed by atoms with E-state index in [0.717, 1.165) is 19.3 Å². The fourth-order valence-electron chi connectivity index (χ4n) is 1.40. The Bertz CT molecular complexity index is 156. The molecular formula is C10H20O3. The molecule has 0 saturated heterocycles. The molecule has 0 amide bonds. The van der Waals surface area contributed by atoms with E-state index in [1.807, 2.05) is 6.92 Å². The first kappa shape index (κ1) is 12.4. The Morgan fingerprint density at radius 2 is 1.85 bits per heavy atom. The second-order valence-corrected chi connectivity index (χ2v) is 3.70. The van der Waals surface area contributed by atoms with Gasteiger partial charge in [-0.2, -0.15) is 0 Å². The highest BCUT2D eigenvalue weighted by molar-refractivity contribution is 5.72. The summed E-state index contributed by atoms with van der Waals surface area (Å²) in [6.45, 7) is 6.07. The minimum atomic E-state index is -1.20. The maximum Gasteiger partial charge on any atom is 0.332 e. The Morgan fingerprint density at radius 3 is 2.15 bits per heavy atom. The number of hydrogen-bond donors (Lipinski definition) is 2. The molecule has 0 rings (SSSR count). The second-order valence-electron chi connectivity index (χ2n) is 3.70. The van der Waals surface area contributed by atoms with Crippen molar-refractivity contribution >= 4 is 5.97 Å². The molecule has 0 aliphatic heterocycles. The van der Waals surface area contributed by atoms with Gasteiger partial charge < -0.3 is 10.2 Å². The van der Waals surface area contributed by atoms with Crippen molar-refractivity contribution in [2.24, 2.45) is 11.8 Å². The maximum absolute atomic E-state index is 10.5. The third-order valence-electron chi connectivity index (χ3n) is 2.63. The second kappa shape index (κ2) is 5.97. The predicted octanol–water partition coefficient (Wildman–Crippen LogP) is 1.89. The summed E-state index contributed by atoms with van der Waals surface area (Å²) in [6, 6.07) is 0. The molecule has 0 aromatic rings.